The van der Waals surface area contributed by atoms with Crippen LogP contribution in [0.15, 0.2) is 21.9 Å². The normalized spacial score (nSPS) is 27.8. The maximum absolute atomic E-state index is 11.8. The van der Waals surface area contributed by atoms with Crippen molar-refractivity contribution in [1.29, 1.82) is 0 Å². The average Bonchev–Trinajstić information content (AvgIpc) is 2.75. The van der Waals surface area contributed by atoms with Crippen molar-refractivity contribution in [1.82, 2.24) is 9.55 Å². The Morgan fingerprint density at radius 1 is 1.50 bits per heavy atom. The molecule has 1 aliphatic heterocycles. The second kappa shape index (κ2) is 6.83. The fourth-order valence-corrected chi connectivity index (χ4v) is 2.10. The van der Waals surface area contributed by atoms with Crippen LogP contribution in [0.25, 0.3) is 0 Å². The third kappa shape index (κ3) is 3.42. The molecule has 2 unspecified atom stereocenters. The van der Waals surface area contributed by atoms with Gasteiger partial charge < -0.3 is 24.4 Å². The van der Waals surface area contributed by atoms with Gasteiger partial charge in [0.1, 0.15) is 18.3 Å². The van der Waals surface area contributed by atoms with Crippen LogP contribution in [0.3, 0.4) is 0 Å². The van der Waals surface area contributed by atoms with E-state index in [1.165, 1.54) is 13.1 Å². The van der Waals surface area contributed by atoms with Crippen LogP contribution in [0.5, 0.6) is 0 Å². The van der Waals surface area contributed by atoms with E-state index >= 15 is 0 Å². The quantitative estimate of drug-likeness (QED) is 0.407. The van der Waals surface area contributed by atoms with Crippen LogP contribution in [-0.4, -0.2) is 57.4 Å². The zero-order valence-corrected chi connectivity index (χ0v) is 11.7. The largest absolute Gasteiger partial charge is 0.439 e. The highest BCUT2D eigenvalue weighted by atomic mass is 16.7. The minimum atomic E-state index is -1.25. The van der Waals surface area contributed by atoms with Crippen LogP contribution in [0, 0.1) is 0 Å². The van der Waals surface area contributed by atoms with Gasteiger partial charge in [-0.1, -0.05) is 0 Å². The number of aromatic nitrogens is 2. The molecule has 22 heavy (non-hydrogen) atoms. The summed E-state index contributed by atoms with van der Waals surface area (Å²) < 4.78 is 16.2. The average molecular weight is 316 g/mol. The molecule has 1 fully saturated rings. The van der Waals surface area contributed by atoms with Crippen molar-refractivity contribution in [2.75, 3.05) is 13.4 Å². The van der Waals surface area contributed by atoms with Gasteiger partial charge in [0.05, 0.1) is 6.61 Å². The Hall–Kier alpha value is -2.01. The van der Waals surface area contributed by atoms with Gasteiger partial charge in [-0.15, -0.1) is 0 Å². The van der Waals surface area contributed by atoms with Crippen molar-refractivity contribution in [2.24, 2.45) is 0 Å². The third-order valence-corrected chi connectivity index (χ3v) is 3.14. The monoisotopic (exact) mass is 316 g/mol. The predicted molar refractivity (Wildman–Crippen MR) is 69.8 cm³/mol. The highest BCUT2D eigenvalue weighted by Gasteiger charge is 2.45. The van der Waals surface area contributed by atoms with E-state index < -0.39 is 55.2 Å². The van der Waals surface area contributed by atoms with Gasteiger partial charge in [-0.25, -0.2) is 4.79 Å². The lowest BCUT2D eigenvalue weighted by molar-refractivity contribution is -0.169. The first kappa shape index (κ1) is 16.4. The minimum Gasteiger partial charge on any atom is -0.439 e. The maximum Gasteiger partial charge on any atom is 0.330 e. The lowest BCUT2D eigenvalue weighted by Crippen LogP contribution is -2.39. The first-order valence-corrected chi connectivity index (χ1v) is 6.45. The molecule has 2 rings (SSSR count). The second-order valence-corrected chi connectivity index (χ2v) is 4.64. The molecule has 1 aliphatic rings. The number of aliphatic hydroxyl groups is 2. The van der Waals surface area contributed by atoms with Crippen LogP contribution in [-0.2, 0) is 19.0 Å². The molecule has 0 spiro atoms. The molecule has 1 saturated heterocycles. The van der Waals surface area contributed by atoms with E-state index in [0.717, 1.165) is 10.6 Å². The van der Waals surface area contributed by atoms with Crippen LogP contribution in [0.2, 0.25) is 0 Å². The van der Waals surface area contributed by atoms with Gasteiger partial charge in [-0.3, -0.25) is 19.1 Å². The van der Waals surface area contributed by atoms with Crippen LogP contribution < -0.4 is 11.2 Å². The number of nitrogens with one attached hydrogen (secondary N) is 1. The molecule has 10 heteroatoms. The molecule has 0 radical (unpaired) electrons. The van der Waals surface area contributed by atoms with E-state index in [0.29, 0.717) is 0 Å². The van der Waals surface area contributed by atoms with Crippen molar-refractivity contribution < 1.29 is 29.2 Å². The number of aliphatic hydroxyl groups excluding tert-OH is 2. The summed E-state index contributed by atoms with van der Waals surface area (Å²) in [5.41, 5.74) is -1.35. The van der Waals surface area contributed by atoms with Gasteiger partial charge in [0.25, 0.3) is 5.56 Å². The molecule has 2 heterocycles. The van der Waals surface area contributed by atoms with Crippen molar-refractivity contribution in [2.45, 2.75) is 31.5 Å². The van der Waals surface area contributed by atoms with Crippen molar-refractivity contribution in [3.8, 4) is 0 Å². The third-order valence-electron chi connectivity index (χ3n) is 3.14. The van der Waals surface area contributed by atoms with Gasteiger partial charge in [0.15, 0.2) is 13.0 Å². The van der Waals surface area contributed by atoms with Gasteiger partial charge >= 0.3 is 11.7 Å². The van der Waals surface area contributed by atoms with Crippen LogP contribution in [0.4, 0.5) is 0 Å². The number of ether oxygens (including phenoxy) is 3. The van der Waals surface area contributed by atoms with Gasteiger partial charge in [0, 0.05) is 19.2 Å². The topological polar surface area (TPSA) is 140 Å². The molecule has 4 atom stereocenters. The number of carbonyl (C=O) groups excluding carboxylic acids is 1. The van der Waals surface area contributed by atoms with E-state index in [9.17, 15) is 24.6 Å². The minimum absolute atomic E-state index is 0.451. The molecule has 122 valence electrons. The van der Waals surface area contributed by atoms with E-state index in [4.69, 9.17) is 9.47 Å². The molecule has 0 bridgehead atoms. The van der Waals surface area contributed by atoms with Gasteiger partial charge in [-0.05, 0) is 0 Å². The van der Waals surface area contributed by atoms with Crippen LogP contribution >= 0.6 is 0 Å². The Kier molecular flexibility index (Phi) is 5.08. The number of esters is 1. The lowest BCUT2D eigenvalue weighted by atomic mass is 10.1. The van der Waals surface area contributed by atoms with E-state index in [-0.39, 0.29) is 0 Å². The molecule has 1 aromatic heterocycles. The van der Waals surface area contributed by atoms with E-state index in [1.807, 2.05) is 4.98 Å². The molecular weight excluding hydrogens is 300 g/mol. The molecule has 10 nitrogen and oxygen atoms in total. The molecule has 1 aromatic rings. The SMILES string of the molecule is CC(=O)OCOC1C(O)[C@@H](CO)O[C@H]1n1ccc(=O)[nH]c1=O. The molecule has 0 aliphatic carbocycles. The number of hydrogen-bond donors (Lipinski definition) is 3. The summed E-state index contributed by atoms with van der Waals surface area (Å²) in [5.74, 6) is -0.579. The highest BCUT2D eigenvalue weighted by Crippen LogP contribution is 2.30. The lowest BCUT2D eigenvalue weighted by Gasteiger charge is -2.21. The summed E-state index contributed by atoms with van der Waals surface area (Å²) in [6.07, 6.45) is -3.21. The Morgan fingerprint density at radius 2 is 2.23 bits per heavy atom. The molecule has 0 amide bonds. The number of rotatable bonds is 5. The first-order chi connectivity index (χ1) is 10.4. The number of hydrogen-bond acceptors (Lipinski definition) is 8. The standard InChI is InChI=1S/C12H16N2O8/c1-6(16)20-5-21-10-9(18)7(4-15)22-11(10)14-3-2-8(17)13-12(14)19/h2-3,7,9-11,15,18H,4-5H2,1H3,(H,13,17,19)/t7-,9?,10?,11-/m1/s1. The Labute approximate surface area is 123 Å². The number of carbonyl (C=O) groups is 1. The van der Waals surface area contributed by atoms with Crippen molar-refractivity contribution >= 4 is 5.97 Å². The number of aromatic amines is 1. The number of nitrogens with zero attached hydrogens (tertiary/aromatic N) is 1. The second-order valence-electron chi connectivity index (χ2n) is 4.64. The van der Waals surface area contributed by atoms with Crippen molar-refractivity contribution in [3.05, 3.63) is 33.1 Å². The van der Waals surface area contributed by atoms with Crippen LogP contribution in [0.1, 0.15) is 13.2 Å². The van der Waals surface area contributed by atoms with Gasteiger partial charge in [0.2, 0.25) is 0 Å². The highest BCUT2D eigenvalue weighted by molar-refractivity contribution is 5.65. The maximum atomic E-state index is 11.8. The zero-order valence-electron chi connectivity index (χ0n) is 11.7. The van der Waals surface area contributed by atoms with Gasteiger partial charge in [-0.2, -0.15) is 0 Å². The summed E-state index contributed by atoms with van der Waals surface area (Å²) >= 11 is 0. The fourth-order valence-electron chi connectivity index (χ4n) is 2.10. The van der Waals surface area contributed by atoms with Crippen molar-refractivity contribution in [3.63, 3.8) is 0 Å². The summed E-state index contributed by atoms with van der Waals surface area (Å²) in [6, 6.07) is 1.10. The molecule has 0 aromatic carbocycles. The number of H-pyrrole nitrogens is 1. The molecule has 0 saturated carbocycles. The summed E-state index contributed by atoms with van der Waals surface area (Å²) in [5, 5.41) is 19.2. The van der Waals surface area contributed by atoms with E-state index in [1.54, 1.807) is 0 Å². The Morgan fingerprint density at radius 3 is 2.82 bits per heavy atom. The summed E-state index contributed by atoms with van der Waals surface area (Å²) in [6.45, 7) is 0.238. The first-order valence-electron chi connectivity index (χ1n) is 6.45. The zero-order chi connectivity index (χ0) is 16.3. The summed E-state index contributed by atoms with van der Waals surface area (Å²) in [4.78, 5) is 35.7. The fraction of sp³-hybridized carbons (Fsp3) is 0.583. The molecule has 3 N–H and O–H groups in total. The smallest absolute Gasteiger partial charge is 0.330 e. The Bertz CT molecular complexity index is 639. The van der Waals surface area contributed by atoms with E-state index in [2.05, 4.69) is 4.74 Å². The molecular formula is C12H16N2O8. The predicted octanol–water partition coefficient (Wildman–Crippen LogP) is -2.31. The summed E-state index contributed by atoms with van der Waals surface area (Å²) in [7, 11) is 0. The Balaban J connectivity index is 2.23.